The van der Waals surface area contributed by atoms with Crippen LogP contribution in [0.5, 0.6) is 11.6 Å². The summed E-state index contributed by atoms with van der Waals surface area (Å²) in [6.07, 6.45) is 44.9. The quantitative estimate of drug-likeness (QED) is 0.0645. The molecular formula is C100H150Cl2N6O8S. The largest absolute Gasteiger partial charge is 0.493 e. The van der Waals surface area contributed by atoms with Crippen molar-refractivity contribution >= 4 is 45.0 Å². The first-order chi connectivity index (χ1) is 54.9. The predicted molar refractivity (Wildman–Crippen MR) is 476 cm³/mol. The molecule has 0 radical (unpaired) electrons. The van der Waals surface area contributed by atoms with Gasteiger partial charge in [-0.25, -0.2) is 18.4 Å². The lowest BCUT2D eigenvalue weighted by atomic mass is 9.33. The van der Waals surface area contributed by atoms with Crippen molar-refractivity contribution in [3.8, 4) is 11.6 Å². The van der Waals surface area contributed by atoms with Crippen LogP contribution in [0.25, 0.3) is 0 Å². The zero-order valence-corrected chi connectivity index (χ0v) is 75.6. The van der Waals surface area contributed by atoms with E-state index >= 15 is 0 Å². The van der Waals surface area contributed by atoms with E-state index in [1.54, 1.807) is 36.7 Å². The van der Waals surface area contributed by atoms with Gasteiger partial charge in [-0.2, -0.15) is 0 Å². The summed E-state index contributed by atoms with van der Waals surface area (Å²) >= 11 is 12.2. The number of piperidine rings is 1. The molecule has 2 aromatic rings. The summed E-state index contributed by atoms with van der Waals surface area (Å²) in [5.74, 6) is 6.63. The van der Waals surface area contributed by atoms with Gasteiger partial charge in [-0.05, 0) is 344 Å². The maximum Gasteiger partial charge on any atom is 0.310 e. The Balaban J connectivity index is 0.000000191. The SMILES string of the molecule is C.C=C(C)[C@@H]1CC[C@]2(NCCN3CCCCC3)CC[C@]3(C)[C@H](CC[C@@H]4[C@@]5(C)CC=C(C6=CCC(CCOc7ccnc(Cl)c7)(C(=O)O)CC6)C(C)(C)[C@@H]5CC[C@]43C)[C@@H]12.C=C(C)[C@@H]1CC[C@]2(NCCN3CCS(=O)(=O)CC3)CC[C@]3(C)[C@H](CC[C@@H]4[C@@]5(C)CC=C(C6=CCC(CCOc7cc(Cl)ccn7)(C(=O)O)CC6)C(C)(C)[C@@H]5CC[C@]43C)[C@@H]12. The number of nitrogens with one attached hydrogen (secondary N) is 2. The fourth-order valence-electron chi connectivity index (χ4n) is 31.3. The molecule has 0 amide bonds. The summed E-state index contributed by atoms with van der Waals surface area (Å²) in [6.45, 7) is 49.0. The van der Waals surface area contributed by atoms with Crippen LogP contribution in [0.2, 0.25) is 10.2 Å². The number of likely N-dealkylation sites (tertiary alicyclic amines) is 1. The van der Waals surface area contributed by atoms with E-state index in [1.165, 1.54) is 175 Å². The van der Waals surface area contributed by atoms with E-state index in [4.69, 9.17) is 32.7 Å². The van der Waals surface area contributed by atoms with Gasteiger partial charge in [0.15, 0.2) is 9.84 Å². The molecule has 4 N–H and O–H groups in total. The third-order valence-corrected chi connectivity index (χ3v) is 39.9. The van der Waals surface area contributed by atoms with Gasteiger partial charge < -0.3 is 40.1 Å². The lowest BCUT2D eigenvalue weighted by Crippen LogP contribution is -2.68. The summed E-state index contributed by atoms with van der Waals surface area (Å²) < 4.78 is 36.0. The monoisotopic (exact) mass is 1670 g/mol. The molecule has 12 aliphatic carbocycles. The number of aromatic nitrogens is 2. The van der Waals surface area contributed by atoms with Crippen molar-refractivity contribution in [1.29, 1.82) is 0 Å². The molecule has 2 unspecified atom stereocenters. The van der Waals surface area contributed by atoms with Crippen LogP contribution in [0.15, 0.2) is 108 Å². The Morgan fingerprint density at radius 2 is 0.991 bits per heavy atom. The van der Waals surface area contributed by atoms with E-state index in [9.17, 15) is 28.2 Å². The number of hydrogen-bond acceptors (Lipinski definition) is 12. The average Bonchev–Trinajstić information content (AvgIpc) is 1.61. The van der Waals surface area contributed by atoms with Crippen molar-refractivity contribution in [2.45, 2.75) is 288 Å². The maximum absolute atomic E-state index is 12.8. The van der Waals surface area contributed by atoms with Crippen molar-refractivity contribution in [2.24, 2.45) is 113 Å². The molecule has 0 bridgehead atoms. The molecule has 2 saturated heterocycles. The first kappa shape index (κ1) is 88.9. The van der Waals surface area contributed by atoms with Gasteiger partial charge in [0.1, 0.15) is 10.9 Å². The summed E-state index contributed by atoms with van der Waals surface area (Å²) in [6, 6.07) is 6.83. The van der Waals surface area contributed by atoms with Crippen LogP contribution in [0.3, 0.4) is 0 Å². The molecule has 0 spiro atoms. The predicted octanol–water partition coefficient (Wildman–Crippen LogP) is 22.3. The Bertz CT molecular complexity index is 4290. The average molecular weight is 1670 g/mol. The van der Waals surface area contributed by atoms with Gasteiger partial charge in [-0.15, -0.1) is 0 Å². The Hall–Kier alpha value is -4.35. The number of sulfone groups is 1. The second-order valence-corrected chi connectivity index (χ2v) is 46.5. The molecule has 117 heavy (non-hydrogen) atoms. The fraction of sp³-hybridized carbons (Fsp3) is 0.760. The number of fused-ring (bicyclic) bond motifs is 14. The second-order valence-electron chi connectivity index (χ2n) is 43.4. The van der Waals surface area contributed by atoms with E-state index < -0.39 is 32.6 Å². The minimum Gasteiger partial charge on any atom is -0.493 e. The zero-order chi connectivity index (χ0) is 82.7. The number of halogens is 2. The molecule has 17 heteroatoms. The van der Waals surface area contributed by atoms with Crippen LogP contribution >= 0.6 is 23.2 Å². The molecular weight excluding hydrogens is 1520 g/mol. The van der Waals surface area contributed by atoms with Gasteiger partial charge in [0.05, 0.1) is 35.5 Å². The standard InChI is InChI=1S/C50H74ClN3O3.C49H72ClN3O5S.CH4/c1-34(2)37-15-23-50(53-28-31-54-29-9-8-10-30-54)25-24-47(6)39(43(37)50)11-12-41-46(5)19-16-38(45(3,4)40(46)17-20-48(41,47)7)35-13-21-49(22-14-35,44(55)56)26-32-57-36-18-27-52-42(51)33-36;1-33(2)36-12-20-49(52-25-26-53-27-30-59(56,57)31-28-53)22-21-46(6)38(42(36)49)8-9-40-45(5)16-13-37(44(3,4)39(45)14-17-47(40,46)7)34-10-18-48(19-11-34,43(54)55)23-29-58-41-32-35(50)15-24-51-41;/h13,16,18,27,33,37,39-41,43,53H,1,8-12,14-15,17,19-26,28-32H2,2-7H3,(H,55,56);10,13,15,24,32,36,38-40,42,52H,1,8-9,11-12,14,16-23,25-31H2,2-7H3,(H,54,55);1H4/t37-,39+,40-,41+,43+,46-,47+,48+,49?,50-;36-,38+,39-,40+,42+,45-,46+,47+,48?,49-;/m00./s1. The Labute approximate surface area is 716 Å². The first-order valence-electron chi connectivity index (χ1n) is 46.1. The number of rotatable bonds is 22. The number of aliphatic carboxylic acids is 2. The maximum atomic E-state index is 12.8. The molecule has 0 aromatic carbocycles. The van der Waals surface area contributed by atoms with E-state index in [1.807, 2.05) is 0 Å². The highest BCUT2D eigenvalue weighted by Gasteiger charge is 2.73. The van der Waals surface area contributed by atoms with Crippen LogP contribution in [0.4, 0.5) is 0 Å². The van der Waals surface area contributed by atoms with Gasteiger partial charge in [0.2, 0.25) is 5.88 Å². The summed E-state index contributed by atoms with van der Waals surface area (Å²) in [5, 5.41) is 30.5. The molecule has 10 fully saturated rings. The Kier molecular flexibility index (Phi) is 25.3. The lowest BCUT2D eigenvalue weighted by Gasteiger charge is -2.72. The van der Waals surface area contributed by atoms with Crippen LogP contribution in [-0.2, 0) is 19.4 Å². The van der Waals surface area contributed by atoms with E-state index in [2.05, 4.69) is 151 Å². The van der Waals surface area contributed by atoms with Gasteiger partial charge in [-0.1, -0.05) is 155 Å². The number of nitrogens with zero attached hydrogens (tertiary/aromatic N) is 4. The van der Waals surface area contributed by atoms with Crippen molar-refractivity contribution < 1.29 is 37.7 Å². The smallest absolute Gasteiger partial charge is 0.310 e. The molecule has 648 valence electrons. The van der Waals surface area contributed by atoms with Gasteiger partial charge in [0, 0.05) is 79.9 Å². The molecule has 14 nitrogen and oxygen atoms in total. The van der Waals surface area contributed by atoms with Crippen molar-refractivity contribution in [2.75, 3.05) is 77.1 Å². The summed E-state index contributed by atoms with van der Waals surface area (Å²) in [5.41, 5.74) is 8.95. The Morgan fingerprint density at radius 3 is 1.43 bits per heavy atom. The number of carboxylic acids is 2. The Morgan fingerprint density at radius 1 is 0.530 bits per heavy atom. The number of carbonyl (C=O) groups is 2. The van der Waals surface area contributed by atoms with Crippen molar-refractivity contribution in [3.63, 3.8) is 0 Å². The van der Waals surface area contributed by atoms with Crippen LogP contribution in [0.1, 0.15) is 277 Å². The molecule has 4 heterocycles. The highest BCUT2D eigenvalue weighted by molar-refractivity contribution is 7.91. The number of ether oxygens (including phenoxy) is 2. The molecule has 14 aliphatic rings. The topological polar surface area (TPSA) is 184 Å². The van der Waals surface area contributed by atoms with Gasteiger partial charge >= 0.3 is 11.9 Å². The fourth-order valence-corrected chi connectivity index (χ4v) is 32.9. The number of carboxylic acid groups (broad SMARTS) is 2. The van der Waals surface area contributed by atoms with Gasteiger partial charge in [-0.3, -0.25) is 9.59 Å². The third kappa shape index (κ3) is 15.6. The number of allylic oxidation sites excluding steroid dienone is 10. The summed E-state index contributed by atoms with van der Waals surface area (Å²) in [4.78, 5) is 38.9. The van der Waals surface area contributed by atoms with E-state index in [-0.39, 0.29) is 57.6 Å². The molecule has 20 atom stereocenters. The third-order valence-electron chi connectivity index (χ3n) is 37.9. The van der Waals surface area contributed by atoms with Crippen LogP contribution in [0, 0.1) is 113 Å². The number of pyridine rings is 2. The number of hydrogen-bond donors (Lipinski definition) is 4. The first-order valence-corrected chi connectivity index (χ1v) is 48.7. The second kappa shape index (κ2) is 33.3. The molecule has 2 aliphatic heterocycles. The highest BCUT2D eigenvalue weighted by atomic mass is 35.5. The van der Waals surface area contributed by atoms with E-state index in [0.717, 1.165) is 51.2 Å². The summed E-state index contributed by atoms with van der Waals surface area (Å²) in [7, 11) is -2.88. The van der Waals surface area contributed by atoms with Gasteiger partial charge in [0.25, 0.3) is 0 Å². The zero-order valence-electron chi connectivity index (χ0n) is 73.2. The van der Waals surface area contributed by atoms with Crippen molar-refractivity contribution in [3.05, 3.63) is 118 Å². The molecule has 2 aromatic heterocycles. The molecule has 16 rings (SSSR count). The minimum absolute atomic E-state index is 0. The van der Waals surface area contributed by atoms with Crippen molar-refractivity contribution in [1.82, 2.24) is 30.4 Å². The molecule has 8 saturated carbocycles. The minimum atomic E-state index is -2.88. The van der Waals surface area contributed by atoms with Crippen LogP contribution in [-0.4, -0.2) is 138 Å². The normalized spacial score (nSPS) is 41.0. The lowest BCUT2D eigenvalue weighted by molar-refractivity contribution is -0.221. The van der Waals surface area contributed by atoms with E-state index in [0.29, 0.717) is 156 Å². The highest BCUT2D eigenvalue weighted by Crippen LogP contribution is 2.79. The van der Waals surface area contributed by atoms with Crippen LogP contribution < -0.4 is 20.1 Å².